The largest absolute Gasteiger partial charge is 0.466 e. The maximum atomic E-state index is 12.9. The van der Waals surface area contributed by atoms with E-state index in [-0.39, 0.29) is 11.9 Å². The smallest absolute Gasteiger partial charge is 0.255 e. The van der Waals surface area contributed by atoms with E-state index in [1.165, 1.54) is 0 Å². The lowest BCUT2D eigenvalue weighted by Crippen LogP contribution is -2.33. The highest BCUT2D eigenvalue weighted by molar-refractivity contribution is 5.95. The molecule has 1 fully saturated rings. The van der Waals surface area contributed by atoms with Crippen molar-refractivity contribution in [1.29, 1.82) is 0 Å². The van der Waals surface area contributed by atoms with Crippen LogP contribution in [0.5, 0.6) is 0 Å². The van der Waals surface area contributed by atoms with Crippen LogP contribution in [0.2, 0.25) is 0 Å². The normalized spacial score (nSPS) is 24.7. The zero-order valence-electron chi connectivity index (χ0n) is 9.55. The van der Waals surface area contributed by atoms with Crippen LogP contribution in [0.25, 0.3) is 0 Å². The lowest BCUT2D eigenvalue weighted by molar-refractivity contribution is 0.0935. The van der Waals surface area contributed by atoms with Crippen LogP contribution in [0, 0.1) is 13.8 Å². The summed E-state index contributed by atoms with van der Waals surface area (Å²) >= 11 is 0. The molecule has 1 aromatic rings. The highest BCUT2D eigenvalue weighted by Crippen LogP contribution is 2.22. The molecule has 3 nitrogen and oxygen atoms in total. The molecule has 1 aromatic heterocycles. The maximum absolute atomic E-state index is 12.9. The van der Waals surface area contributed by atoms with Crippen molar-refractivity contribution >= 4 is 5.91 Å². The Kier molecular flexibility index (Phi) is 2.99. The van der Waals surface area contributed by atoms with E-state index in [1.54, 1.807) is 19.9 Å². The number of rotatable bonds is 2. The number of aryl methyl sites for hydroxylation is 2. The van der Waals surface area contributed by atoms with Crippen LogP contribution < -0.4 is 5.32 Å². The minimum Gasteiger partial charge on any atom is -0.466 e. The van der Waals surface area contributed by atoms with Crippen molar-refractivity contribution in [2.45, 2.75) is 45.3 Å². The fourth-order valence-corrected chi connectivity index (χ4v) is 2.18. The van der Waals surface area contributed by atoms with Gasteiger partial charge < -0.3 is 9.73 Å². The van der Waals surface area contributed by atoms with Gasteiger partial charge in [0, 0.05) is 6.04 Å². The molecule has 4 heteroatoms. The van der Waals surface area contributed by atoms with Gasteiger partial charge in [0.25, 0.3) is 5.91 Å². The molecule has 1 aliphatic carbocycles. The first-order valence-corrected chi connectivity index (χ1v) is 5.58. The van der Waals surface area contributed by atoms with Crippen molar-refractivity contribution in [2.75, 3.05) is 0 Å². The molecule has 2 rings (SSSR count). The monoisotopic (exact) mass is 225 g/mol. The second kappa shape index (κ2) is 4.28. The number of nitrogens with one attached hydrogen (secondary N) is 1. The third kappa shape index (κ3) is 2.26. The van der Waals surface area contributed by atoms with E-state index in [1.807, 2.05) is 0 Å². The molecule has 0 saturated heterocycles. The zero-order valence-corrected chi connectivity index (χ0v) is 9.55. The maximum Gasteiger partial charge on any atom is 0.255 e. The van der Waals surface area contributed by atoms with E-state index < -0.39 is 6.17 Å². The topological polar surface area (TPSA) is 42.2 Å². The van der Waals surface area contributed by atoms with Crippen molar-refractivity contribution in [3.8, 4) is 0 Å². The number of furan rings is 1. The Hall–Kier alpha value is -1.32. The minimum absolute atomic E-state index is 0.0305. The molecule has 1 N–H and O–H groups in total. The van der Waals surface area contributed by atoms with E-state index in [4.69, 9.17) is 4.42 Å². The van der Waals surface area contributed by atoms with Gasteiger partial charge in [-0.1, -0.05) is 0 Å². The lowest BCUT2D eigenvalue weighted by Gasteiger charge is -2.10. The summed E-state index contributed by atoms with van der Waals surface area (Å²) in [7, 11) is 0. The fraction of sp³-hybridized carbons (Fsp3) is 0.583. The first-order valence-electron chi connectivity index (χ1n) is 5.58. The average Bonchev–Trinajstić information content (AvgIpc) is 2.73. The van der Waals surface area contributed by atoms with Gasteiger partial charge in [0.05, 0.1) is 5.56 Å². The van der Waals surface area contributed by atoms with E-state index in [2.05, 4.69) is 5.32 Å². The predicted octanol–water partition coefficient (Wildman–Crippen LogP) is 2.52. The van der Waals surface area contributed by atoms with Gasteiger partial charge in [0.2, 0.25) is 0 Å². The Morgan fingerprint density at radius 3 is 2.75 bits per heavy atom. The number of carbonyl (C=O) groups is 1. The van der Waals surface area contributed by atoms with Crippen LogP contribution in [-0.4, -0.2) is 18.1 Å². The van der Waals surface area contributed by atoms with Crippen LogP contribution in [0.1, 0.15) is 41.1 Å². The van der Waals surface area contributed by atoms with Crippen molar-refractivity contribution in [1.82, 2.24) is 5.32 Å². The zero-order chi connectivity index (χ0) is 11.7. The lowest BCUT2D eigenvalue weighted by atomic mass is 10.2. The van der Waals surface area contributed by atoms with Gasteiger partial charge in [0.15, 0.2) is 0 Å². The second-order valence-electron chi connectivity index (χ2n) is 4.41. The number of alkyl halides is 1. The van der Waals surface area contributed by atoms with Gasteiger partial charge in [-0.2, -0.15) is 0 Å². The predicted molar refractivity (Wildman–Crippen MR) is 58.2 cm³/mol. The quantitative estimate of drug-likeness (QED) is 0.840. The van der Waals surface area contributed by atoms with Crippen LogP contribution in [0.3, 0.4) is 0 Å². The molecule has 88 valence electrons. The van der Waals surface area contributed by atoms with Gasteiger partial charge in [-0.25, -0.2) is 4.39 Å². The number of halogens is 1. The highest BCUT2D eigenvalue weighted by atomic mass is 19.1. The van der Waals surface area contributed by atoms with E-state index in [0.717, 1.165) is 12.2 Å². The Morgan fingerprint density at radius 1 is 1.50 bits per heavy atom. The van der Waals surface area contributed by atoms with Crippen molar-refractivity contribution in [3.05, 3.63) is 23.2 Å². The molecule has 0 aliphatic heterocycles. The molecular weight excluding hydrogens is 209 g/mol. The van der Waals surface area contributed by atoms with Gasteiger partial charge >= 0.3 is 0 Å². The van der Waals surface area contributed by atoms with E-state index in [0.29, 0.717) is 24.2 Å². The molecule has 0 spiro atoms. The Labute approximate surface area is 94.0 Å². The fourth-order valence-electron chi connectivity index (χ4n) is 2.18. The van der Waals surface area contributed by atoms with Crippen LogP contribution in [0.15, 0.2) is 10.5 Å². The standard InChI is InChI=1S/C12H16FNO2/c1-7-5-11(8(2)16-7)12(15)14-10-4-3-9(13)6-10/h5,9-10H,3-4,6H2,1-2H3,(H,14,15)/t9-,10+/m1/s1. The first-order chi connectivity index (χ1) is 7.56. The van der Waals surface area contributed by atoms with Gasteiger partial charge in [0.1, 0.15) is 17.7 Å². The molecule has 1 aliphatic rings. The molecule has 0 unspecified atom stereocenters. The third-order valence-electron chi connectivity index (χ3n) is 2.99. The number of hydrogen-bond donors (Lipinski definition) is 1. The summed E-state index contributed by atoms with van der Waals surface area (Å²) in [5, 5.41) is 2.84. The summed E-state index contributed by atoms with van der Waals surface area (Å²) in [6.07, 6.45) is 0.941. The van der Waals surface area contributed by atoms with Gasteiger partial charge in [-0.3, -0.25) is 4.79 Å². The summed E-state index contributed by atoms with van der Waals surface area (Å²) in [6, 6.07) is 1.68. The van der Waals surface area contributed by atoms with Crippen molar-refractivity contribution in [2.24, 2.45) is 0 Å². The summed E-state index contributed by atoms with van der Waals surface area (Å²) in [6.45, 7) is 3.56. The summed E-state index contributed by atoms with van der Waals surface area (Å²) in [5.74, 6) is 1.18. The number of carbonyl (C=O) groups excluding carboxylic acids is 1. The van der Waals surface area contributed by atoms with Gasteiger partial charge in [-0.15, -0.1) is 0 Å². The highest BCUT2D eigenvalue weighted by Gasteiger charge is 2.26. The molecule has 1 heterocycles. The average molecular weight is 225 g/mol. The van der Waals surface area contributed by atoms with Crippen LogP contribution in [-0.2, 0) is 0 Å². The van der Waals surface area contributed by atoms with Crippen molar-refractivity contribution in [3.63, 3.8) is 0 Å². The minimum atomic E-state index is -0.766. The molecule has 16 heavy (non-hydrogen) atoms. The Morgan fingerprint density at radius 2 is 2.25 bits per heavy atom. The second-order valence-corrected chi connectivity index (χ2v) is 4.41. The molecular formula is C12H16FNO2. The third-order valence-corrected chi connectivity index (χ3v) is 2.99. The molecule has 2 atom stereocenters. The van der Waals surface area contributed by atoms with Crippen LogP contribution in [0.4, 0.5) is 4.39 Å². The first kappa shape index (κ1) is 11.2. The summed E-state index contributed by atoms with van der Waals surface area (Å²) in [4.78, 5) is 11.8. The molecule has 0 radical (unpaired) electrons. The molecule has 1 saturated carbocycles. The van der Waals surface area contributed by atoms with Crippen molar-refractivity contribution < 1.29 is 13.6 Å². The number of hydrogen-bond acceptors (Lipinski definition) is 2. The van der Waals surface area contributed by atoms with Gasteiger partial charge in [-0.05, 0) is 39.2 Å². The molecule has 0 aromatic carbocycles. The SMILES string of the molecule is Cc1cc(C(=O)N[C@H]2CC[C@@H](F)C2)c(C)o1. The van der Waals surface area contributed by atoms with E-state index >= 15 is 0 Å². The summed E-state index contributed by atoms with van der Waals surface area (Å²) < 4.78 is 18.2. The molecule has 1 amide bonds. The summed E-state index contributed by atoms with van der Waals surface area (Å²) in [5.41, 5.74) is 0.555. The Balaban J connectivity index is 2.00. The molecule has 0 bridgehead atoms. The van der Waals surface area contributed by atoms with Crippen LogP contribution >= 0.6 is 0 Å². The van der Waals surface area contributed by atoms with E-state index in [9.17, 15) is 9.18 Å². The number of amides is 1. The Bertz CT molecular complexity index is 400.